The van der Waals surface area contributed by atoms with Crippen molar-refractivity contribution in [2.45, 2.75) is 0 Å². The number of anilines is 2. The third-order valence-electron chi connectivity index (χ3n) is 4.87. The summed E-state index contributed by atoms with van der Waals surface area (Å²) in [6.07, 6.45) is 1.36. The van der Waals surface area contributed by atoms with Gasteiger partial charge in [0, 0.05) is 10.7 Å². The van der Waals surface area contributed by atoms with Crippen LogP contribution in [0.1, 0.15) is 5.56 Å². The van der Waals surface area contributed by atoms with Crippen LogP contribution in [0.15, 0.2) is 82.8 Å². The fraction of sp³-hybridized carbons (Fsp3) is 0.0400. The summed E-state index contributed by atoms with van der Waals surface area (Å²) in [5.74, 6) is -1.51. The number of nitrogens with zero attached hydrogens (tertiary/aromatic N) is 1. The molecule has 3 aromatic carbocycles. The molecule has 0 saturated carbocycles. The van der Waals surface area contributed by atoms with Gasteiger partial charge >= 0.3 is 6.03 Å². The van der Waals surface area contributed by atoms with Gasteiger partial charge in [-0.3, -0.25) is 19.7 Å². The van der Waals surface area contributed by atoms with E-state index in [1.807, 2.05) is 18.2 Å². The van der Waals surface area contributed by atoms with Gasteiger partial charge < -0.3 is 10.1 Å². The van der Waals surface area contributed by atoms with Crippen molar-refractivity contribution >= 4 is 68.7 Å². The van der Waals surface area contributed by atoms with Gasteiger partial charge in [-0.05, 0) is 76.1 Å². The van der Waals surface area contributed by atoms with E-state index < -0.39 is 17.8 Å². The molecule has 1 aliphatic rings. The van der Waals surface area contributed by atoms with Gasteiger partial charge in [-0.1, -0.05) is 35.9 Å². The molecule has 5 amide bonds. The highest BCUT2D eigenvalue weighted by Gasteiger charge is 2.36. The zero-order valence-corrected chi connectivity index (χ0v) is 20.3. The summed E-state index contributed by atoms with van der Waals surface area (Å²) < 4.78 is 6.08. The van der Waals surface area contributed by atoms with E-state index in [1.54, 1.807) is 30.3 Å². The predicted molar refractivity (Wildman–Crippen MR) is 135 cm³/mol. The lowest BCUT2D eigenvalue weighted by molar-refractivity contribution is -0.122. The molecule has 3 aromatic rings. The maximum Gasteiger partial charge on any atom is 0.335 e. The molecular formula is C25H17BrClN3O5. The minimum absolute atomic E-state index is 0.215. The molecule has 1 heterocycles. The molecule has 1 aliphatic heterocycles. The van der Waals surface area contributed by atoms with Crippen LogP contribution in [-0.4, -0.2) is 30.4 Å². The fourth-order valence-electron chi connectivity index (χ4n) is 3.23. The van der Waals surface area contributed by atoms with Crippen LogP contribution in [0.5, 0.6) is 5.75 Å². The van der Waals surface area contributed by atoms with E-state index in [0.717, 1.165) is 4.90 Å². The second-order valence-corrected chi connectivity index (χ2v) is 8.62. The highest BCUT2D eigenvalue weighted by atomic mass is 79.9. The number of urea groups is 1. The Morgan fingerprint density at radius 2 is 1.74 bits per heavy atom. The molecule has 1 saturated heterocycles. The molecule has 35 heavy (non-hydrogen) atoms. The van der Waals surface area contributed by atoms with Crippen LogP contribution in [-0.2, 0) is 14.4 Å². The molecule has 1 fully saturated rings. The number of rotatable bonds is 6. The number of amides is 5. The van der Waals surface area contributed by atoms with Crippen LogP contribution in [0.25, 0.3) is 6.08 Å². The first-order chi connectivity index (χ1) is 16.8. The first-order valence-electron chi connectivity index (χ1n) is 10.3. The van der Waals surface area contributed by atoms with E-state index >= 15 is 0 Å². The Morgan fingerprint density at radius 3 is 2.43 bits per heavy atom. The molecule has 0 spiro atoms. The minimum Gasteiger partial charge on any atom is -0.483 e. The van der Waals surface area contributed by atoms with Gasteiger partial charge in [-0.15, -0.1) is 0 Å². The number of halogens is 2. The topological polar surface area (TPSA) is 105 Å². The zero-order valence-electron chi connectivity index (χ0n) is 18.0. The van der Waals surface area contributed by atoms with Gasteiger partial charge in [0.1, 0.15) is 11.3 Å². The minimum atomic E-state index is -0.849. The number of hydrogen-bond acceptors (Lipinski definition) is 5. The number of para-hydroxylation sites is 1. The summed E-state index contributed by atoms with van der Waals surface area (Å²) in [5, 5.41) is 5.33. The lowest BCUT2D eigenvalue weighted by Gasteiger charge is -2.26. The lowest BCUT2D eigenvalue weighted by Crippen LogP contribution is -2.54. The van der Waals surface area contributed by atoms with Crippen molar-refractivity contribution in [3.8, 4) is 5.75 Å². The highest BCUT2D eigenvalue weighted by molar-refractivity contribution is 9.10. The van der Waals surface area contributed by atoms with Crippen molar-refractivity contribution < 1.29 is 23.9 Å². The summed E-state index contributed by atoms with van der Waals surface area (Å²) in [5.41, 5.74) is 1.21. The number of imide groups is 2. The smallest absolute Gasteiger partial charge is 0.335 e. The maximum atomic E-state index is 13.0. The largest absolute Gasteiger partial charge is 0.483 e. The van der Waals surface area contributed by atoms with Crippen molar-refractivity contribution in [2.75, 3.05) is 16.8 Å². The Bertz CT molecular complexity index is 1340. The van der Waals surface area contributed by atoms with Crippen LogP contribution in [0.3, 0.4) is 0 Å². The molecule has 0 atom stereocenters. The first kappa shape index (κ1) is 24.2. The van der Waals surface area contributed by atoms with Crippen LogP contribution in [0, 0.1) is 0 Å². The molecule has 8 nitrogen and oxygen atoms in total. The molecule has 176 valence electrons. The zero-order chi connectivity index (χ0) is 24.9. The predicted octanol–water partition coefficient (Wildman–Crippen LogP) is 4.79. The number of carbonyl (C=O) groups excluding carboxylic acids is 4. The third-order valence-corrected chi connectivity index (χ3v) is 5.74. The van der Waals surface area contributed by atoms with Crippen LogP contribution in [0.2, 0.25) is 5.02 Å². The van der Waals surface area contributed by atoms with E-state index in [1.165, 1.54) is 30.3 Å². The Balaban J connectivity index is 1.48. The quantitative estimate of drug-likeness (QED) is 0.337. The van der Waals surface area contributed by atoms with E-state index in [2.05, 4.69) is 26.6 Å². The molecule has 0 aromatic heterocycles. The van der Waals surface area contributed by atoms with Crippen LogP contribution in [0.4, 0.5) is 16.2 Å². The monoisotopic (exact) mass is 553 g/mol. The summed E-state index contributed by atoms with van der Waals surface area (Å²) in [7, 11) is 0. The first-order valence-corrected chi connectivity index (χ1v) is 11.4. The highest BCUT2D eigenvalue weighted by Crippen LogP contribution is 2.28. The summed E-state index contributed by atoms with van der Waals surface area (Å²) in [4.78, 5) is 50.6. The van der Waals surface area contributed by atoms with E-state index in [4.69, 9.17) is 16.3 Å². The number of nitrogens with one attached hydrogen (secondary N) is 2. The second-order valence-electron chi connectivity index (χ2n) is 7.33. The number of benzene rings is 3. The molecule has 10 heteroatoms. The molecule has 0 bridgehead atoms. The standard InChI is InChI=1S/C25H17BrClN3O5/c26-20-13-15(6-11-21(20)35-14-22(31)28-17-4-2-1-3-5-17)12-19-23(32)29-25(34)30(24(19)33)18-9-7-16(27)8-10-18/h1-13H,14H2,(H,28,31)(H,29,32,34)/b19-12+. The van der Waals surface area contributed by atoms with E-state index in [9.17, 15) is 19.2 Å². The summed E-state index contributed by atoms with van der Waals surface area (Å²) in [6.45, 7) is -0.215. The number of ether oxygens (including phenoxy) is 1. The van der Waals surface area contributed by atoms with Crippen molar-refractivity contribution in [3.63, 3.8) is 0 Å². The van der Waals surface area contributed by atoms with Gasteiger partial charge in [-0.2, -0.15) is 0 Å². The average molecular weight is 555 g/mol. The SMILES string of the molecule is O=C(COc1ccc(/C=C2\C(=O)NC(=O)N(c3ccc(Cl)cc3)C2=O)cc1Br)Nc1ccccc1. The number of barbiturate groups is 1. The van der Waals surface area contributed by atoms with Crippen molar-refractivity contribution in [2.24, 2.45) is 0 Å². The Kier molecular flexibility index (Phi) is 7.28. The molecular weight excluding hydrogens is 538 g/mol. The molecule has 4 rings (SSSR count). The van der Waals surface area contributed by atoms with Crippen molar-refractivity contribution in [3.05, 3.63) is 93.4 Å². The third kappa shape index (κ3) is 5.76. The van der Waals surface area contributed by atoms with Gasteiger partial charge in [0.15, 0.2) is 6.61 Å². The molecule has 0 radical (unpaired) electrons. The molecule has 0 aliphatic carbocycles. The number of carbonyl (C=O) groups is 4. The van der Waals surface area contributed by atoms with Crippen LogP contribution < -0.4 is 20.3 Å². The van der Waals surface area contributed by atoms with Gasteiger partial charge in [0.2, 0.25) is 0 Å². The average Bonchev–Trinajstić information content (AvgIpc) is 2.83. The van der Waals surface area contributed by atoms with Crippen molar-refractivity contribution in [1.82, 2.24) is 5.32 Å². The Hall–Kier alpha value is -3.95. The van der Waals surface area contributed by atoms with E-state index in [0.29, 0.717) is 26.5 Å². The molecule has 0 unspecified atom stereocenters. The Labute approximate surface area is 213 Å². The van der Waals surface area contributed by atoms with Gasteiger partial charge in [0.25, 0.3) is 17.7 Å². The summed E-state index contributed by atoms with van der Waals surface area (Å²) >= 11 is 9.26. The van der Waals surface area contributed by atoms with Crippen molar-refractivity contribution in [1.29, 1.82) is 0 Å². The van der Waals surface area contributed by atoms with Crippen LogP contribution >= 0.6 is 27.5 Å². The second kappa shape index (κ2) is 10.5. The maximum absolute atomic E-state index is 13.0. The lowest BCUT2D eigenvalue weighted by atomic mass is 10.1. The fourth-order valence-corrected chi connectivity index (χ4v) is 3.87. The van der Waals surface area contributed by atoms with E-state index in [-0.39, 0.29) is 23.8 Å². The van der Waals surface area contributed by atoms with Gasteiger partial charge in [-0.25, -0.2) is 9.69 Å². The summed E-state index contributed by atoms with van der Waals surface area (Å²) in [6, 6.07) is 19.1. The Morgan fingerprint density at radius 1 is 1.03 bits per heavy atom. The number of hydrogen-bond donors (Lipinski definition) is 2. The molecule has 2 N–H and O–H groups in total. The normalized spacial score (nSPS) is 14.6. The van der Waals surface area contributed by atoms with Gasteiger partial charge in [0.05, 0.1) is 10.2 Å².